The van der Waals surface area contributed by atoms with Gasteiger partial charge in [-0.05, 0) is 36.5 Å². The fourth-order valence-corrected chi connectivity index (χ4v) is 3.91. The van der Waals surface area contributed by atoms with Gasteiger partial charge in [0.15, 0.2) is 0 Å². The molecule has 7 nitrogen and oxygen atoms in total. The number of rotatable bonds is 7. The van der Waals surface area contributed by atoms with Crippen molar-refractivity contribution < 1.29 is 13.9 Å². The van der Waals surface area contributed by atoms with E-state index in [1.165, 1.54) is 10.6 Å². The molecule has 1 amide bonds. The number of H-pyrrole nitrogens is 1. The summed E-state index contributed by atoms with van der Waals surface area (Å²) < 4.78 is 21.0. The Morgan fingerprint density at radius 3 is 2.55 bits per heavy atom. The topological polar surface area (TPSA) is 80.2 Å². The maximum Gasteiger partial charge on any atom is 0.348 e. The molecule has 0 unspecified atom stereocenters. The van der Waals surface area contributed by atoms with Crippen molar-refractivity contribution in [3.63, 3.8) is 0 Å². The van der Waals surface area contributed by atoms with Crippen LogP contribution in [0.2, 0.25) is 0 Å². The first-order chi connectivity index (χ1) is 15.1. The molecule has 162 valence electrons. The summed E-state index contributed by atoms with van der Waals surface area (Å²) in [5.74, 6) is 0.279. The zero-order chi connectivity index (χ0) is 21.6. The standard InChI is InChI=1S/C23H25FN4O3/c24-19-8-4-5-9-20(19)28-21(25-26-23(28)30)14-17-10-12-27(13-11-17)22(29)16-31-15-18-6-2-1-3-7-18/h1-9,17H,10-16H2,(H,26,30). The van der Waals surface area contributed by atoms with E-state index in [1.54, 1.807) is 18.2 Å². The third-order valence-electron chi connectivity index (χ3n) is 5.61. The molecule has 1 aliphatic heterocycles. The fraction of sp³-hybridized carbons (Fsp3) is 0.348. The molecule has 0 radical (unpaired) electrons. The lowest BCUT2D eigenvalue weighted by molar-refractivity contribution is -0.138. The first-order valence-corrected chi connectivity index (χ1v) is 10.4. The molecular weight excluding hydrogens is 399 g/mol. The highest BCUT2D eigenvalue weighted by Crippen LogP contribution is 2.22. The monoisotopic (exact) mass is 424 g/mol. The number of para-hydroxylation sites is 1. The van der Waals surface area contributed by atoms with Gasteiger partial charge in [-0.15, -0.1) is 0 Å². The fourth-order valence-electron chi connectivity index (χ4n) is 3.91. The van der Waals surface area contributed by atoms with Crippen LogP contribution in [-0.2, 0) is 22.6 Å². The van der Waals surface area contributed by atoms with Crippen molar-refractivity contribution in [2.75, 3.05) is 19.7 Å². The van der Waals surface area contributed by atoms with Crippen LogP contribution in [0, 0.1) is 11.7 Å². The number of benzene rings is 2. The summed E-state index contributed by atoms with van der Waals surface area (Å²) >= 11 is 0. The Labute approximate surface area is 179 Å². The zero-order valence-corrected chi connectivity index (χ0v) is 17.2. The summed E-state index contributed by atoms with van der Waals surface area (Å²) in [4.78, 5) is 26.4. The lowest BCUT2D eigenvalue weighted by Gasteiger charge is -2.31. The SMILES string of the molecule is O=C(COCc1ccccc1)N1CCC(Cc2n[nH]c(=O)n2-c2ccccc2F)CC1. The van der Waals surface area contributed by atoms with Crippen molar-refractivity contribution in [2.24, 2.45) is 5.92 Å². The van der Waals surface area contributed by atoms with Crippen molar-refractivity contribution in [1.82, 2.24) is 19.7 Å². The van der Waals surface area contributed by atoms with Gasteiger partial charge in [-0.25, -0.2) is 18.9 Å². The van der Waals surface area contributed by atoms with Gasteiger partial charge in [0.05, 0.1) is 12.3 Å². The van der Waals surface area contributed by atoms with Crippen molar-refractivity contribution >= 4 is 5.91 Å². The summed E-state index contributed by atoms with van der Waals surface area (Å²) in [5.41, 5.74) is 0.775. The highest BCUT2D eigenvalue weighted by molar-refractivity contribution is 5.77. The average molecular weight is 424 g/mol. The second-order valence-corrected chi connectivity index (χ2v) is 7.74. The second kappa shape index (κ2) is 9.70. The average Bonchev–Trinajstić information content (AvgIpc) is 3.15. The lowest BCUT2D eigenvalue weighted by atomic mass is 9.93. The van der Waals surface area contributed by atoms with Crippen LogP contribution in [0.4, 0.5) is 4.39 Å². The van der Waals surface area contributed by atoms with Gasteiger partial charge >= 0.3 is 5.69 Å². The molecule has 31 heavy (non-hydrogen) atoms. The predicted molar refractivity (Wildman–Crippen MR) is 113 cm³/mol. The van der Waals surface area contributed by atoms with Crippen LogP contribution in [-0.4, -0.2) is 45.3 Å². The Kier molecular flexibility index (Phi) is 6.57. The Morgan fingerprint density at radius 1 is 1.10 bits per heavy atom. The summed E-state index contributed by atoms with van der Waals surface area (Å²) in [6.07, 6.45) is 2.13. The number of halogens is 1. The molecule has 0 atom stereocenters. The van der Waals surface area contributed by atoms with E-state index in [-0.39, 0.29) is 24.1 Å². The molecule has 0 aliphatic carbocycles. The minimum Gasteiger partial charge on any atom is -0.367 e. The van der Waals surface area contributed by atoms with Crippen LogP contribution < -0.4 is 5.69 Å². The van der Waals surface area contributed by atoms with E-state index in [0.29, 0.717) is 31.9 Å². The van der Waals surface area contributed by atoms with E-state index in [9.17, 15) is 14.0 Å². The predicted octanol–water partition coefficient (Wildman–Crippen LogP) is 2.70. The van der Waals surface area contributed by atoms with Crippen LogP contribution in [0.15, 0.2) is 59.4 Å². The quantitative estimate of drug-likeness (QED) is 0.633. The van der Waals surface area contributed by atoms with Gasteiger partial charge in [-0.1, -0.05) is 42.5 Å². The van der Waals surface area contributed by atoms with Crippen molar-refractivity contribution in [3.05, 3.63) is 82.3 Å². The normalized spacial score (nSPS) is 14.7. The number of likely N-dealkylation sites (tertiary alicyclic amines) is 1. The summed E-state index contributed by atoms with van der Waals surface area (Å²) in [6, 6.07) is 15.9. The summed E-state index contributed by atoms with van der Waals surface area (Å²) in [6.45, 7) is 1.74. The molecule has 1 saturated heterocycles. The van der Waals surface area contributed by atoms with E-state index >= 15 is 0 Å². The smallest absolute Gasteiger partial charge is 0.348 e. The number of carbonyl (C=O) groups excluding carboxylic acids is 1. The summed E-state index contributed by atoms with van der Waals surface area (Å²) in [5, 5.41) is 6.53. The highest BCUT2D eigenvalue weighted by atomic mass is 19.1. The first kappa shape index (κ1) is 21.0. The largest absolute Gasteiger partial charge is 0.367 e. The maximum atomic E-state index is 14.2. The number of piperidine rings is 1. The van der Waals surface area contributed by atoms with E-state index in [4.69, 9.17) is 4.74 Å². The molecule has 1 aliphatic rings. The summed E-state index contributed by atoms with van der Waals surface area (Å²) in [7, 11) is 0. The third-order valence-corrected chi connectivity index (χ3v) is 5.61. The number of hydrogen-bond acceptors (Lipinski definition) is 4. The van der Waals surface area contributed by atoms with Gasteiger partial charge in [-0.3, -0.25) is 4.79 Å². The zero-order valence-electron chi connectivity index (χ0n) is 17.2. The molecule has 4 rings (SSSR count). The second-order valence-electron chi connectivity index (χ2n) is 7.74. The number of ether oxygens (including phenoxy) is 1. The number of nitrogens with one attached hydrogen (secondary N) is 1. The molecule has 3 aromatic rings. The van der Waals surface area contributed by atoms with Gasteiger partial charge in [0.1, 0.15) is 18.2 Å². The molecule has 0 bridgehead atoms. The van der Waals surface area contributed by atoms with Gasteiger partial charge in [0.25, 0.3) is 0 Å². The number of aromatic nitrogens is 3. The van der Waals surface area contributed by atoms with Crippen LogP contribution in [0.3, 0.4) is 0 Å². The lowest BCUT2D eigenvalue weighted by Crippen LogP contribution is -2.41. The molecule has 1 aromatic heterocycles. The van der Waals surface area contributed by atoms with Crippen LogP contribution in [0.1, 0.15) is 24.2 Å². The molecule has 1 fully saturated rings. The molecule has 2 aromatic carbocycles. The van der Waals surface area contributed by atoms with Gasteiger partial charge in [0, 0.05) is 19.5 Å². The molecule has 0 saturated carbocycles. The Bertz CT molecular complexity index is 1070. The molecule has 8 heteroatoms. The molecule has 2 heterocycles. The van der Waals surface area contributed by atoms with E-state index in [0.717, 1.165) is 18.4 Å². The van der Waals surface area contributed by atoms with Crippen LogP contribution in [0.5, 0.6) is 0 Å². The van der Waals surface area contributed by atoms with Crippen LogP contribution in [0.25, 0.3) is 5.69 Å². The van der Waals surface area contributed by atoms with Crippen molar-refractivity contribution in [3.8, 4) is 5.69 Å². The third kappa shape index (κ3) is 5.08. The van der Waals surface area contributed by atoms with E-state index in [2.05, 4.69) is 10.2 Å². The highest BCUT2D eigenvalue weighted by Gasteiger charge is 2.25. The van der Waals surface area contributed by atoms with E-state index in [1.807, 2.05) is 35.2 Å². The van der Waals surface area contributed by atoms with Crippen LogP contribution >= 0.6 is 0 Å². The number of nitrogens with zero attached hydrogens (tertiary/aromatic N) is 3. The van der Waals surface area contributed by atoms with Crippen molar-refractivity contribution in [2.45, 2.75) is 25.9 Å². The number of carbonyl (C=O) groups is 1. The van der Waals surface area contributed by atoms with E-state index < -0.39 is 11.5 Å². The van der Waals surface area contributed by atoms with Crippen molar-refractivity contribution in [1.29, 1.82) is 0 Å². The first-order valence-electron chi connectivity index (χ1n) is 10.4. The van der Waals surface area contributed by atoms with Gasteiger partial charge in [0.2, 0.25) is 5.91 Å². The Hall–Kier alpha value is -3.26. The molecular formula is C23H25FN4O3. The number of hydrogen-bond donors (Lipinski definition) is 1. The molecule has 0 spiro atoms. The van der Waals surface area contributed by atoms with Gasteiger partial charge < -0.3 is 9.64 Å². The minimum atomic E-state index is -0.469. The van der Waals surface area contributed by atoms with Gasteiger partial charge in [-0.2, -0.15) is 5.10 Å². The Morgan fingerprint density at radius 2 is 1.81 bits per heavy atom. The maximum absolute atomic E-state index is 14.2. The number of amides is 1. The number of aromatic amines is 1. The minimum absolute atomic E-state index is 0.0163. The Balaban J connectivity index is 1.30. The molecule has 1 N–H and O–H groups in total.